The molecule has 0 saturated heterocycles. The Morgan fingerprint density at radius 1 is 0.938 bits per heavy atom. The molecule has 4 aromatic rings. The van der Waals surface area contributed by atoms with E-state index in [-0.39, 0.29) is 5.75 Å². The van der Waals surface area contributed by atoms with Crippen LogP contribution in [0.15, 0.2) is 82.2 Å². The molecule has 32 heavy (non-hydrogen) atoms. The number of phenols is 1. The van der Waals surface area contributed by atoms with E-state index in [1.165, 1.54) is 6.07 Å². The van der Waals surface area contributed by atoms with Gasteiger partial charge in [-0.15, -0.1) is 0 Å². The van der Waals surface area contributed by atoms with Crippen molar-refractivity contribution in [2.24, 2.45) is 4.36 Å². The second kappa shape index (κ2) is 8.76. The summed E-state index contributed by atoms with van der Waals surface area (Å²) >= 11 is 0. The van der Waals surface area contributed by atoms with E-state index in [9.17, 15) is 9.32 Å². The van der Waals surface area contributed by atoms with Gasteiger partial charge in [0, 0.05) is 52.3 Å². The highest BCUT2D eigenvalue weighted by Crippen LogP contribution is 2.32. The number of fused-ring (bicyclic) bond motifs is 1. The molecule has 0 saturated carbocycles. The van der Waals surface area contributed by atoms with E-state index in [2.05, 4.69) is 14.7 Å². The molecule has 0 bridgehead atoms. The summed E-state index contributed by atoms with van der Waals surface area (Å²) in [5.74, 6) is 1.32. The van der Waals surface area contributed by atoms with Crippen LogP contribution in [0.4, 0.5) is 17.1 Å². The maximum absolute atomic E-state index is 13.3. The molecule has 3 aromatic carbocycles. The van der Waals surface area contributed by atoms with Gasteiger partial charge in [0.05, 0.1) is 35.2 Å². The Kier molecular flexibility index (Phi) is 5.87. The molecule has 0 radical (unpaired) electrons. The average molecular weight is 450 g/mol. The number of aromatic hydroxyl groups is 1. The molecular weight excluding hydrogens is 426 g/mol. The first-order chi connectivity index (χ1) is 15.4. The fourth-order valence-corrected chi connectivity index (χ4v) is 4.57. The molecule has 1 aromatic heterocycles. The first-order valence-corrected chi connectivity index (χ1v) is 11.7. The number of phenolic OH excluding ortho intramolecular Hbond substituents is 1. The van der Waals surface area contributed by atoms with Crippen LogP contribution in [-0.4, -0.2) is 34.8 Å². The summed E-state index contributed by atoms with van der Waals surface area (Å²) in [6.07, 6.45) is 3.31. The van der Waals surface area contributed by atoms with Crippen molar-refractivity contribution < 1.29 is 18.8 Å². The number of hydrogen-bond donors (Lipinski definition) is 2. The third-order valence-corrected chi connectivity index (χ3v) is 6.61. The van der Waals surface area contributed by atoms with Crippen LogP contribution < -0.4 is 14.8 Å². The van der Waals surface area contributed by atoms with Crippen molar-refractivity contribution in [3.05, 3.63) is 72.9 Å². The Bertz CT molecular complexity index is 1390. The largest absolute Gasteiger partial charge is 0.508 e. The fourth-order valence-electron chi connectivity index (χ4n) is 3.31. The summed E-state index contributed by atoms with van der Waals surface area (Å²) in [5, 5.41) is 14.0. The molecule has 1 unspecified atom stereocenters. The highest BCUT2D eigenvalue weighted by atomic mass is 32.2. The van der Waals surface area contributed by atoms with Gasteiger partial charge in [-0.1, -0.05) is 0 Å². The average Bonchev–Trinajstić information content (AvgIpc) is 2.79. The molecule has 0 aliphatic rings. The van der Waals surface area contributed by atoms with E-state index in [1.54, 1.807) is 69.1 Å². The lowest BCUT2D eigenvalue weighted by Gasteiger charge is -2.12. The summed E-state index contributed by atoms with van der Waals surface area (Å²) in [6, 6.07) is 19.3. The van der Waals surface area contributed by atoms with Crippen LogP contribution in [0.2, 0.25) is 0 Å². The Balaban J connectivity index is 1.74. The number of pyridine rings is 1. The molecule has 0 spiro atoms. The van der Waals surface area contributed by atoms with Gasteiger partial charge in [0.25, 0.3) is 0 Å². The number of nitrogens with zero attached hydrogens (tertiary/aromatic N) is 2. The summed E-state index contributed by atoms with van der Waals surface area (Å²) in [4.78, 5) is 5.03. The Morgan fingerprint density at radius 2 is 1.69 bits per heavy atom. The molecular formula is C24H23N3O4S. The van der Waals surface area contributed by atoms with Crippen LogP contribution >= 0.6 is 0 Å². The predicted molar refractivity (Wildman–Crippen MR) is 127 cm³/mol. The summed E-state index contributed by atoms with van der Waals surface area (Å²) in [7, 11) is 0.464. The highest BCUT2D eigenvalue weighted by Gasteiger charge is 2.10. The number of anilines is 2. The van der Waals surface area contributed by atoms with Crippen LogP contribution in [0.3, 0.4) is 0 Å². The van der Waals surface area contributed by atoms with Gasteiger partial charge in [-0.05, 0) is 48.5 Å². The number of methoxy groups -OCH3 is 2. The van der Waals surface area contributed by atoms with Gasteiger partial charge in [-0.25, -0.2) is 4.21 Å². The minimum Gasteiger partial charge on any atom is -0.508 e. The first kappa shape index (κ1) is 21.5. The molecule has 8 heteroatoms. The van der Waals surface area contributed by atoms with Crippen molar-refractivity contribution in [2.45, 2.75) is 4.90 Å². The van der Waals surface area contributed by atoms with Gasteiger partial charge in [0.1, 0.15) is 17.2 Å². The molecule has 1 heterocycles. The number of rotatable bonds is 6. The van der Waals surface area contributed by atoms with Crippen molar-refractivity contribution >= 4 is 37.7 Å². The van der Waals surface area contributed by atoms with E-state index in [0.717, 1.165) is 16.6 Å². The van der Waals surface area contributed by atoms with Crippen LogP contribution in [-0.2, 0) is 9.73 Å². The molecule has 164 valence electrons. The highest BCUT2D eigenvalue weighted by molar-refractivity contribution is 7.93. The third-order valence-electron chi connectivity index (χ3n) is 4.91. The lowest BCUT2D eigenvalue weighted by atomic mass is 10.1. The van der Waals surface area contributed by atoms with Gasteiger partial charge in [-0.3, -0.25) is 4.98 Å². The molecule has 2 N–H and O–H groups in total. The summed E-state index contributed by atoms with van der Waals surface area (Å²) in [6.45, 7) is 0. The van der Waals surface area contributed by atoms with Gasteiger partial charge < -0.3 is 19.9 Å². The van der Waals surface area contributed by atoms with Crippen molar-refractivity contribution in [3.8, 4) is 17.2 Å². The number of nitrogens with one attached hydrogen (secondary N) is 1. The molecule has 0 aliphatic heterocycles. The maximum Gasteiger partial charge on any atom is 0.124 e. The van der Waals surface area contributed by atoms with E-state index in [4.69, 9.17) is 9.47 Å². The molecule has 7 nitrogen and oxygen atoms in total. The first-order valence-electron chi connectivity index (χ1n) is 9.78. The zero-order chi connectivity index (χ0) is 22.7. The third kappa shape index (κ3) is 4.60. The van der Waals surface area contributed by atoms with Crippen LogP contribution in [0, 0.1) is 0 Å². The second-order valence-electron chi connectivity index (χ2n) is 7.17. The maximum atomic E-state index is 13.3. The second-order valence-corrected chi connectivity index (χ2v) is 9.43. The molecule has 1 atom stereocenters. The Labute approximate surface area is 186 Å². The van der Waals surface area contributed by atoms with Gasteiger partial charge >= 0.3 is 0 Å². The Morgan fingerprint density at radius 3 is 2.41 bits per heavy atom. The molecule has 0 aliphatic carbocycles. The predicted octanol–water partition coefficient (Wildman–Crippen LogP) is 5.49. The topological polar surface area (TPSA) is 93.0 Å². The monoisotopic (exact) mass is 449 g/mol. The molecule has 4 rings (SSSR count). The smallest absolute Gasteiger partial charge is 0.124 e. The molecule has 0 amide bonds. The Hall–Kier alpha value is -3.78. The van der Waals surface area contributed by atoms with Crippen molar-refractivity contribution in [3.63, 3.8) is 0 Å². The van der Waals surface area contributed by atoms with E-state index < -0.39 is 9.73 Å². The van der Waals surface area contributed by atoms with E-state index in [1.807, 2.05) is 18.2 Å². The van der Waals surface area contributed by atoms with Crippen LogP contribution in [0.1, 0.15) is 0 Å². The number of benzene rings is 3. The summed E-state index contributed by atoms with van der Waals surface area (Å²) < 4.78 is 28.2. The van der Waals surface area contributed by atoms with Gasteiger partial charge in [0.15, 0.2) is 0 Å². The SMILES string of the molecule is COc1ccc(S(C)(=O)=Nc2ccc3nccc(Nc4cc(O)cc(OC)c4)c3c2)cc1. The number of hydrogen-bond acceptors (Lipinski definition) is 7. The minimum atomic E-state index is -2.66. The van der Waals surface area contributed by atoms with Crippen LogP contribution in [0.5, 0.6) is 17.2 Å². The quantitative estimate of drug-likeness (QED) is 0.404. The molecule has 0 fully saturated rings. The van der Waals surface area contributed by atoms with Crippen molar-refractivity contribution in [2.75, 3.05) is 25.8 Å². The van der Waals surface area contributed by atoms with Gasteiger partial charge in [0.2, 0.25) is 0 Å². The van der Waals surface area contributed by atoms with Crippen molar-refractivity contribution in [1.82, 2.24) is 4.98 Å². The summed E-state index contributed by atoms with van der Waals surface area (Å²) in [5.41, 5.74) is 2.76. The van der Waals surface area contributed by atoms with Gasteiger partial charge in [-0.2, -0.15) is 4.36 Å². The lowest BCUT2D eigenvalue weighted by Crippen LogP contribution is -1.97. The normalized spacial score (nSPS) is 12.7. The van der Waals surface area contributed by atoms with E-state index in [0.29, 0.717) is 27.8 Å². The zero-order valence-electron chi connectivity index (χ0n) is 17.9. The fraction of sp³-hybridized carbons (Fsp3) is 0.125. The van der Waals surface area contributed by atoms with Crippen molar-refractivity contribution in [1.29, 1.82) is 0 Å². The van der Waals surface area contributed by atoms with Crippen LogP contribution in [0.25, 0.3) is 10.9 Å². The zero-order valence-corrected chi connectivity index (χ0v) is 18.7. The number of ether oxygens (including phenoxy) is 2. The lowest BCUT2D eigenvalue weighted by molar-refractivity contribution is 0.408. The number of aromatic nitrogens is 1. The van der Waals surface area contributed by atoms with E-state index >= 15 is 0 Å². The standard InChI is InChI=1S/C24H23N3O4S/c1-30-19-5-7-21(8-6-19)32(3,29)27-16-4-9-23-22(14-16)24(10-11-25-23)26-17-12-18(28)15-20(13-17)31-2/h4-15,28H,1-3H3,(H,25,26). The minimum absolute atomic E-state index is 0.0890.